The van der Waals surface area contributed by atoms with E-state index in [1.165, 1.54) is 0 Å². The second kappa shape index (κ2) is 4.14. The second-order valence-electron chi connectivity index (χ2n) is 0.513. The molecule has 0 heterocycles. The van der Waals surface area contributed by atoms with Gasteiger partial charge in [-0.05, 0) is 0 Å². The maximum absolute atomic E-state index is 8.88. The van der Waals surface area contributed by atoms with Gasteiger partial charge >= 0.3 is 7.82 Å². The summed E-state index contributed by atoms with van der Waals surface area (Å²) in [5.41, 5.74) is 0. The molecular weight excluding hydrogens is 133 g/mol. The Labute approximate surface area is 37.8 Å². The molecule has 48 valence electrons. The molecule has 0 aliphatic rings. The molecule has 0 spiro atoms. The first kappa shape index (κ1) is 15.8. The minimum absolute atomic E-state index is 0. The Kier molecular flexibility index (Phi) is 9.32. The highest BCUT2D eigenvalue weighted by Gasteiger charge is 2.00. The minimum atomic E-state index is -4.64. The van der Waals surface area contributed by atoms with Gasteiger partial charge < -0.3 is 14.7 Å². The standard InChI is InChI=1S/2FH.H3O4P/c;;1-5(2,3)4/h2*1H;(H3,1,2,3,4). The molecule has 0 saturated heterocycles. The Hall–Kier alpha value is -0.0300. The smallest absolute Gasteiger partial charge is 0.303 e. The zero-order valence-electron chi connectivity index (χ0n) is 3.01. The second-order valence-corrected chi connectivity index (χ2v) is 1.54. The lowest BCUT2D eigenvalue weighted by molar-refractivity contribution is 0.275. The zero-order valence-corrected chi connectivity index (χ0v) is 3.91. The van der Waals surface area contributed by atoms with Gasteiger partial charge in [-0.3, -0.25) is 9.41 Å². The van der Waals surface area contributed by atoms with Gasteiger partial charge in [0, 0.05) is 0 Å². The molecular formula is H5F2O4P. The summed E-state index contributed by atoms with van der Waals surface area (Å²) in [6, 6.07) is 0. The van der Waals surface area contributed by atoms with Crippen molar-refractivity contribution in [3.05, 3.63) is 0 Å². The van der Waals surface area contributed by atoms with Crippen LogP contribution in [0.4, 0.5) is 9.41 Å². The van der Waals surface area contributed by atoms with E-state index < -0.39 is 7.82 Å². The predicted octanol–water partition coefficient (Wildman–Crippen LogP) is -0.624. The van der Waals surface area contributed by atoms with E-state index in [9.17, 15) is 0 Å². The summed E-state index contributed by atoms with van der Waals surface area (Å²) in [6.45, 7) is 0. The van der Waals surface area contributed by atoms with Gasteiger partial charge in [0.25, 0.3) is 0 Å². The molecule has 0 bridgehead atoms. The number of phosphoric acid groups is 1. The van der Waals surface area contributed by atoms with Crippen LogP contribution in [0.1, 0.15) is 0 Å². The lowest BCUT2D eigenvalue weighted by atomic mass is 15.8. The van der Waals surface area contributed by atoms with Gasteiger partial charge in [-0.1, -0.05) is 0 Å². The highest BCUT2D eigenvalue weighted by atomic mass is 31.2. The monoisotopic (exact) mass is 138 g/mol. The van der Waals surface area contributed by atoms with Gasteiger partial charge in [0.2, 0.25) is 0 Å². The molecule has 0 amide bonds. The van der Waals surface area contributed by atoms with E-state index in [0.717, 1.165) is 0 Å². The third kappa shape index (κ3) is 105000. The SMILES string of the molecule is F.F.O=P(O)(O)O. The summed E-state index contributed by atoms with van der Waals surface area (Å²) >= 11 is 0. The van der Waals surface area contributed by atoms with Gasteiger partial charge in [0.15, 0.2) is 0 Å². The number of hydrogen-bond donors (Lipinski definition) is 3. The summed E-state index contributed by atoms with van der Waals surface area (Å²) in [4.78, 5) is 21.6. The number of hydrogen-bond acceptors (Lipinski definition) is 1. The van der Waals surface area contributed by atoms with Crippen LogP contribution in [0.5, 0.6) is 0 Å². The molecule has 0 unspecified atom stereocenters. The molecule has 0 aliphatic heterocycles. The van der Waals surface area contributed by atoms with Crippen LogP contribution >= 0.6 is 7.82 Å². The summed E-state index contributed by atoms with van der Waals surface area (Å²) in [7, 11) is -4.64. The molecule has 0 saturated carbocycles. The van der Waals surface area contributed by atoms with Crippen LogP contribution < -0.4 is 0 Å². The van der Waals surface area contributed by atoms with Crippen molar-refractivity contribution in [2.75, 3.05) is 0 Å². The van der Waals surface area contributed by atoms with E-state index in [-0.39, 0.29) is 9.41 Å². The summed E-state index contributed by atoms with van der Waals surface area (Å²) in [5, 5.41) is 0. The highest BCUT2D eigenvalue weighted by molar-refractivity contribution is 7.45. The van der Waals surface area contributed by atoms with Crippen LogP contribution in [-0.4, -0.2) is 14.7 Å². The van der Waals surface area contributed by atoms with Crippen molar-refractivity contribution in [2.24, 2.45) is 0 Å². The summed E-state index contributed by atoms with van der Waals surface area (Å²) in [6.07, 6.45) is 0. The molecule has 4 nitrogen and oxygen atoms in total. The Morgan fingerprint density at radius 3 is 1.00 bits per heavy atom. The van der Waals surface area contributed by atoms with Crippen molar-refractivity contribution in [3.8, 4) is 0 Å². The minimum Gasteiger partial charge on any atom is -0.303 e. The Morgan fingerprint density at radius 1 is 1.00 bits per heavy atom. The normalized spacial score (nSPS) is 8.43. The summed E-state index contributed by atoms with van der Waals surface area (Å²) in [5.74, 6) is 0. The highest BCUT2D eigenvalue weighted by Crippen LogP contribution is 2.25. The van der Waals surface area contributed by atoms with Crippen LogP contribution in [0.2, 0.25) is 0 Å². The first-order chi connectivity index (χ1) is 2.00. The Balaban J connectivity index is -0.0000000800. The molecule has 0 aromatic heterocycles. The van der Waals surface area contributed by atoms with Gasteiger partial charge in [-0.25, -0.2) is 4.57 Å². The van der Waals surface area contributed by atoms with E-state index in [4.69, 9.17) is 19.2 Å². The van der Waals surface area contributed by atoms with Crippen LogP contribution in [-0.2, 0) is 4.57 Å². The number of halogens is 2. The molecule has 0 aromatic carbocycles. The fourth-order valence-corrected chi connectivity index (χ4v) is 0. The van der Waals surface area contributed by atoms with Crippen LogP contribution in [0.3, 0.4) is 0 Å². The fourth-order valence-electron chi connectivity index (χ4n) is 0. The molecule has 0 atom stereocenters. The van der Waals surface area contributed by atoms with Crippen molar-refractivity contribution < 1.29 is 28.7 Å². The van der Waals surface area contributed by atoms with Gasteiger partial charge in [0.1, 0.15) is 0 Å². The van der Waals surface area contributed by atoms with E-state index >= 15 is 0 Å². The molecule has 7 heavy (non-hydrogen) atoms. The maximum Gasteiger partial charge on any atom is 0.466 e. The van der Waals surface area contributed by atoms with Crippen molar-refractivity contribution in [1.82, 2.24) is 0 Å². The van der Waals surface area contributed by atoms with Gasteiger partial charge in [-0.2, -0.15) is 0 Å². The number of rotatable bonds is 0. The lowest BCUT2D eigenvalue weighted by Gasteiger charge is -1.82. The zero-order chi connectivity index (χ0) is 4.50. The van der Waals surface area contributed by atoms with Crippen molar-refractivity contribution in [2.45, 2.75) is 0 Å². The lowest BCUT2D eigenvalue weighted by Crippen LogP contribution is -1.66. The predicted molar refractivity (Wildman–Crippen MR) is 19.3 cm³/mol. The van der Waals surface area contributed by atoms with E-state index in [0.29, 0.717) is 0 Å². The maximum atomic E-state index is 8.88. The van der Waals surface area contributed by atoms with Crippen molar-refractivity contribution in [3.63, 3.8) is 0 Å². The van der Waals surface area contributed by atoms with E-state index in [1.807, 2.05) is 0 Å². The third-order valence-electron chi connectivity index (χ3n) is 0. The van der Waals surface area contributed by atoms with Crippen LogP contribution in [0.15, 0.2) is 0 Å². The van der Waals surface area contributed by atoms with Gasteiger partial charge in [-0.15, -0.1) is 0 Å². The quantitative estimate of drug-likeness (QED) is 0.389. The molecule has 3 N–H and O–H groups in total. The average Bonchev–Trinajstić information content (AvgIpc) is 0.722. The van der Waals surface area contributed by atoms with Crippen LogP contribution in [0.25, 0.3) is 0 Å². The van der Waals surface area contributed by atoms with E-state index in [2.05, 4.69) is 0 Å². The molecule has 0 aliphatic carbocycles. The topological polar surface area (TPSA) is 77.8 Å². The first-order valence-electron chi connectivity index (χ1n) is 0.783. The summed E-state index contributed by atoms with van der Waals surface area (Å²) < 4.78 is 8.88. The largest absolute Gasteiger partial charge is 0.466 e. The molecule has 0 fully saturated rings. The third-order valence-corrected chi connectivity index (χ3v) is 0. The van der Waals surface area contributed by atoms with Crippen molar-refractivity contribution >= 4 is 7.82 Å². The Morgan fingerprint density at radius 2 is 1.00 bits per heavy atom. The Bertz CT molecular complexity index is 55.8. The molecule has 7 heteroatoms. The first-order valence-corrected chi connectivity index (χ1v) is 2.35. The average molecular weight is 138 g/mol. The molecule has 0 rings (SSSR count). The molecule has 0 aromatic rings. The van der Waals surface area contributed by atoms with Crippen LogP contribution in [0, 0.1) is 0 Å². The van der Waals surface area contributed by atoms with E-state index in [1.54, 1.807) is 0 Å². The fraction of sp³-hybridized carbons (Fsp3) is 0. The molecule has 0 radical (unpaired) electrons. The van der Waals surface area contributed by atoms with Gasteiger partial charge in [0.05, 0.1) is 0 Å². The van der Waals surface area contributed by atoms with Crippen molar-refractivity contribution in [1.29, 1.82) is 0 Å².